The molecule has 0 fully saturated rings. The van der Waals surface area contributed by atoms with E-state index in [-0.39, 0.29) is 4.21 Å². The number of nitrogens with zero attached hydrogens (tertiary/aromatic N) is 4. The van der Waals surface area contributed by atoms with Gasteiger partial charge in [-0.2, -0.15) is 0 Å². The van der Waals surface area contributed by atoms with Crippen LogP contribution in [0.1, 0.15) is 16.8 Å². The molecule has 3 aromatic heterocycles. The number of aromatic amines is 1. The van der Waals surface area contributed by atoms with Gasteiger partial charge >= 0.3 is 0 Å². The average molecular weight is 446 g/mol. The van der Waals surface area contributed by atoms with E-state index in [9.17, 15) is 8.42 Å². The Morgan fingerprint density at radius 1 is 1.07 bits per heavy atom. The van der Waals surface area contributed by atoms with Gasteiger partial charge in [-0.3, -0.25) is 4.57 Å². The number of para-hydroxylation sites is 1. The molecule has 1 N–H and O–H groups in total. The second-order valence-electron chi connectivity index (χ2n) is 6.67. The number of nitrogens with one attached hydrogen (secondary N) is 1. The van der Waals surface area contributed by atoms with Gasteiger partial charge in [-0.15, -0.1) is 10.2 Å². The summed E-state index contributed by atoms with van der Waals surface area (Å²) in [4.78, 5) is 7.66. The molecular weight excluding hydrogens is 426 g/mol. The summed E-state index contributed by atoms with van der Waals surface area (Å²) >= 11 is 2.43. The Balaban J connectivity index is 1.84. The molecule has 0 atom stereocenters. The van der Waals surface area contributed by atoms with E-state index in [0.717, 1.165) is 34.0 Å². The number of hydrogen-bond acceptors (Lipinski definition) is 7. The van der Waals surface area contributed by atoms with Crippen molar-refractivity contribution in [1.82, 2.24) is 24.7 Å². The summed E-state index contributed by atoms with van der Waals surface area (Å²) in [5.41, 5.74) is 5.23. The van der Waals surface area contributed by atoms with Gasteiger partial charge in [0.05, 0.1) is 11.9 Å². The summed E-state index contributed by atoms with van der Waals surface area (Å²) in [6.45, 7) is 6.17. The van der Waals surface area contributed by atoms with Crippen LogP contribution in [0.15, 0.2) is 50.2 Å². The minimum Gasteiger partial charge on any atom is -0.356 e. The zero-order valence-corrected chi connectivity index (χ0v) is 18.7. The molecule has 0 aliphatic heterocycles. The molecule has 0 bridgehead atoms. The fourth-order valence-corrected chi connectivity index (χ4v) is 5.83. The minimum atomic E-state index is -3.29. The van der Waals surface area contributed by atoms with Crippen molar-refractivity contribution in [3.05, 3.63) is 53.3 Å². The van der Waals surface area contributed by atoms with Gasteiger partial charge in [0.1, 0.15) is 4.21 Å². The molecule has 0 radical (unpaired) electrons. The Kier molecular flexibility index (Phi) is 5.09. The molecule has 3 heterocycles. The standard InChI is InChI=1S/C19H19N5O2S3/c1-11-12(2)16(21-13(11)3)17-22-23-18(24(17)14-8-6-5-7-9-14)28-19-20-10-15(27-19)29(4,25)26/h5-10,21H,1-4H3. The van der Waals surface area contributed by atoms with Crippen LogP contribution < -0.4 is 0 Å². The van der Waals surface area contributed by atoms with E-state index in [1.165, 1.54) is 29.8 Å². The van der Waals surface area contributed by atoms with Crippen LogP contribution >= 0.6 is 23.1 Å². The molecule has 29 heavy (non-hydrogen) atoms. The van der Waals surface area contributed by atoms with Gasteiger partial charge in [0.2, 0.25) is 5.16 Å². The van der Waals surface area contributed by atoms with Crippen LogP contribution in [0.5, 0.6) is 0 Å². The first-order valence-corrected chi connectivity index (χ1v) is 12.3. The fraction of sp³-hybridized carbons (Fsp3) is 0.211. The molecular formula is C19H19N5O2S3. The van der Waals surface area contributed by atoms with Crippen LogP contribution in [0.3, 0.4) is 0 Å². The molecule has 150 valence electrons. The Morgan fingerprint density at radius 2 is 1.79 bits per heavy atom. The van der Waals surface area contributed by atoms with Crippen molar-refractivity contribution in [3.8, 4) is 17.2 Å². The first-order valence-electron chi connectivity index (χ1n) is 8.76. The summed E-state index contributed by atoms with van der Waals surface area (Å²) in [5.74, 6) is 0.701. The van der Waals surface area contributed by atoms with E-state index in [2.05, 4.69) is 34.0 Å². The summed E-state index contributed by atoms with van der Waals surface area (Å²) in [7, 11) is -3.29. The number of thiazole rings is 1. The zero-order valence-electron chi connectivity index (χ0n) is 16.3. The smallest absolute Gasteiger partial charge is 0.203 e. The van der Waals surface area contributed by atoms with Gasteiger partial charge in [-0.25, -0.2) is 13.4 Å². The summed E-state index contributed by atoms with van der Waals surface area (Å²) in [6.07, 6.45) is 2.56. The summed E-state index contributed by atoms with van der Waals surface area (Å²) in [6, 6.07) is 9.83. The number of rotatable bonds is 5. The molecule has 0 spiro atoms. The number of benzene rings is 1. The van der Waals surface area contributed by atoms with Gasteiger partial charge in [-0.05, 0) is 55.8 Å². The topological polar surface area (TPSA) is 93.5 Å². The first kappa shape index (κ1) is 19.9. The van der Waals surface area contributed by atoms with E-state index in [1.807, 2.05) is 41.8 Å². The molecule has 0 unspecified atom stereocenters. The number of H-pyrrole nitrogens is 1. The lowest BCUT2D eigenvalue weighted by atomic mass is 10.1. The molecule has 4 aromatic rings. The fourth-order valence-electron chi connectivity index (χ4n) is 2.92. The number of aryl methyl sites for hydroxylation is 1. The second-order valence-corrected chi connectivity index (χ2v) is 11.2. The monoisotopic (exact) mass is 445 g/mol. The van der Waals surface area contributed by atoms with E-state index < -0.39 is 9.84 Å². The molecule has 10 heteroatoms. The van der Waals surface area contributed by atoms with E-state index >= 15 is 0 Å². The van der Waals surface area contributed by atoms with Crippen LogP contribution in [0.2, 0.25) is 0 Å². The lowest BCUT2D eigenvalue weighted by Gasteiger charge is -2.09. The van der Waals surface area contributed by atoms with Crippen molar-refractivity contribution in [3.63, 3.8) is 0 Å². The van der Waals surface area contributed by atoms with Crippen LogP contribution in [0.4, 0.5) is 0 Å². The third-order valence-corrected chi connectivity index (χ3v) is 8.50. The lowest BCUT2D eigenvalue weighted by molar-refractivity contribution is 0.603. The Bertz CT molecular complexity index is 1290. The SMILES string of the molecule is Cc1[nH]c(-c2nnc(Sc3ncc(S(C)(=O)=O)s3)n2-c2ccccc2)c(C)c1C. The maximum absolute atomic E-state index is 11.8. The third-order valence-electron chi connectivity index (χ3n) is 4.69. The third kappa shape index (κ3) is 3.75. The number of aromatic nitrogens is 5. The molecule has 4 rings (SSSR count). The summed E-state index contributed by atoms with van der Waals surface area (Å²) < 4.78 is 26.3. The van der Waals surface area contributed by atoms with Crippen molar-refractivity contribution in [2.45, 2.75) is 34.5 Å². The highest BCUT2D eigenvalue weighted by Gasteiger charge is 2.22. The Hall–Kier alpha value is -2.43. The summed E-state index contributed by atoms with van der Waals surface area (Å²) in [5, 5.41) is 9.45. The van der Waals surface area contributed by atoms with Crippen LogP contribution in [0, 0.1) is 20.8 Å². The highest BCUT2D eigenvalue weighted by Crippen LogP contribution is 2.36. The maximum atomic E-state index is 11.8. The van der Waals surface area contributed by atoms with Crippen LogP contribution in [0.25, 0.3) is 17.2 Å². The number of sulfone groups is 1. The van der Waals surface area contributed by atoms with Gasteiger partial charge in [0.15, 0.2) is 20.0 Å². The van der Waals surface area contributed by atoms with Gasteiger partial charge in [-0.1, -0.05) is 29.5 Å². The highest BCUT2D eigenvalue weighted by atomic mass is 32.2. The van der Waals surface area contributed by atoms with E-state index in [1.54, 1.807) is 0 Å². The Labute approximate surface area is 177 Å². The number of hydrogen-bond donors (Lipinski definition) is 1. The predicted octanol–water partition coefficient (Wildman–Crippen LogP) is 4.20. The van der Waals surface area contributed by atoms with E-state index in [0.29, 0.717) is 15.3 Å². The average Bonchev–Trinajstić information content (AvgIpc) is 3.38. The first-order chi connectivity index (χ1) is 13.8. The van der Waals surface area contributed by atoms with Crippen molar-refractivity contribution in [2.24, 2.45) is 0 Å². The molecule has 0 amide bonds. The van der Waals surface area contributed by atoms with Crippen molar-refractivity contribution in [1.29, 1.82) is 0 Å². The van der Waals surface area contributed by atoms with Crippen molar-refractivity contribution in [2.75, 3.05) is 6.26 Å². The second kappa shape index (κ2) is 7.43. The Morgan fingerprint density at radius 3 is 2.38 bits per heavy atom. The van der Waals surface area contributed by atoms with Crippen molar-refractivity contribution >= 4 is 32.9 Å². The highest BCUT2D eigenvalue weighted by molar-refractivity contribution is 8.01. The lowest BCUT2D eigenvalue weighted by Crippen LogP contribution is -2.00. The molecule has 0 aliphatic rings. The zero-order chi connectivity index (χ0) is 20.8. The van der Waals surface area contributed by atoms with Gasteiger partial charge < -0.3 is 4.98 Å². The van der Waals surface area contributed by atoms with Gasteiger partial charge in [0, 0.05) is 17.6 Å². The molecule has 1 aromatic carbocycles. The molecule has 0 saturated heterocycles. The van der Waals surface area contributed by atoms with Crippen LogP contribution in [-0.2, 0) is 9.84 Å². The molecule has 7 nitrogen and oxygen atoms in total. The molecule has 0 saturated carbocycles. The van der Waals surface area contributed by atoms with E-state index in [4.69, 9.17) is 0 Å². The van der Waals surface area contributed by atoms with Crippen molar-refractivity contribution < 1.29 is 8.42 Å². The normalized spacial score (nSPS) is 11.9. The molecule has 0 aliphatic carbocycles. The minimum absolute atomic E-state index is 0.234. The van der Waals surface area contributed by atoms with Crippen LogP contribution in [-0.4, -0.2) is 39.4 Å². The van der Waals surface area contributed by atoms with Gasteiger partial charge in [0.25, 0.3) is 0 Å². The predicted molar refractivity (Wildman–Crippen MR) is 115 cm³/mol. The quantitative estimate of drug-likeness (QED) is 0.495. The maximum Gasteiger partial charge on any atom is 0.203 e. The largest absolute Gasteiger partial charge is 0.356 e.